The highest BCUT2D eigenvalue weighted by molar-refractivity contribution is 6.32. The second-order valence-corrected chi connectivity index (χ2v) is 5.25. The number of hydrogen-bond donors (Lipinski definition) is 0. The standard InChI is InChI=1S/C17H17ClO3/c1-11-8-9-12(2)17(13(11)3)20-10-16(19)21-15-7-5-4-6-14(15)18/h4-9H,10H2,1-3H3. The fourth-order valence-corrected chi connectivity index (χ4v) is 2.13. The predicted molar refractivity (Wildman–Crippen MR) is 83.2 cm³/mol. The Morgan fingerprint density at radius 3 is 2.43 bits per heavy atom. The minimum Gasteiger partial charge on any atom is -0.481 e. The van der Waals surface area contributed by atoms with Crippen molar-refractivity contribution in [2.24, 2.45) is 0 Å². The van der Waals surface area contributed by atoms with Crippen LogP contribution in [0.3, 0.4) is 0 Å². The average Bonchev–Trinajstić information content (AvgIpc) is 2.45. The van der Waals surface area contributed by atoms with Crippen molar-refractivity contribution in [3.63, 3.8) is 0 Å². The number of rotatable bonds is 4. The zero-order valence-electron chi connectivity index (χ0n) is 12.3. The van der Waals surface area contributed by atoms with Crippen molar-refractivity contribution in [2.45, 2.75) is 20.8 Å². The number of esters is 1. The lowest BCUT2D eigenvalue weighted by atomic mass is 10.1. The highest BCUT2D eigenvalue weighted by Crippen LogP contribution is 2.26. The topological polar surface area (TPSA) is 35.5 Å². The van der Waals surface area contributed by atoms with E-state index in [1.54, 1.807) is 24.3 Å². The fraction of sp³-hybridized carbons (Fsp3) is 0.235. The lowest BCUT2D eigenvalue weighted by Gasteiger charge is -2.13. The Bertz CT molecular complexity index is 665. The first-order valence-electron chi connectivity index (χ1n) is 6.64. The molecule has 0 N–H and O–H groups in total. The van der Waals surface area contributed by atoms with E-state index in [2.05, 4.69) is 0 Å². The molecule has 0 aromatic heterocycles. The molecule has 4 heteroatoms. The van der Waals surface area contributed by atoms with Gasteiger partial charge in [-0.2, -0.15) is 0 Å². The van der Waals surface area contributed by atoms with E-state index in [0.29, 0.717) is 10.8 Å². The normalized spacial score (nSPS) is 10.3. The molecule has 2 rings (SSSR count). The number of hydrogen-bond acceptors (Lipinski definition) is 3. The molecule has 0 atom stereocenters. The quantitative estimate of drug-likeness (QED) is 0.626. The van der Waals surface area contributed by atoms with Gasteiger partial charge in [0.2, 0.25) is 0 Å². The molecular weight excluding hydrogens is 288 g/mol. The lowest BCUT2D eigenvalue weighted by molar-refractivity contribution is -0.136. The SMILES string of the molecule is Cc1ccc(C)c(OCC(=O)Oc2ccccc2Cl)c1C. The van der Waals surface area contributed by atoms with E-state index in [9.17, 15) is 4.79 Å². The van der Waals surface area contributed by atoms with Gasteiger partial charge in [0, 0.05) is 0 Å². The molecule has 0 fully saturated rings. The molecule has 3 nitrogen and oxygen atoms in total. The van der Waals surface area contributed by atoms with E-state index in [0.717, 1.165) is 22.4 Å². The summed E-state index contributed by atoms with van der Waals surface area (Å²) < 4.78 is 10.8. The van der Waals surface area contributed by atoms with Crippen LogP contribution in [0.1, 0.15) is 16.7 Å². The Morgan fingerprint density at radius 1 is 1.05 bits per heavy atom. The summed E-state index contributed by atoms with van der Waals surface area (Å²) >= 11 is 5.94. The molecule has 0 aliphatic heterocycles. The second kappa shape index (κ2) is 6.64. The minimum atomic E-state index is -0.483. The summed E-state index contributed by atoms with van der Waals surface area (Å²) in [5.41, 5.74) is 3.14. The molecule has 0 bridgehead atoms. The van der Waals surface area contributed by atoms with Crippen LogP contribution in [0.15, 0.2) is 36.4 Å². The molecule has 0 aliphatic rings. The largest absolute Gasteiger partial charge is 0.481 e. The number of halogens is 1. The van der Waals surface area contributed by atoms with E-state index in [-0.39, 0.29) is 6.61 Å². The van der Waals surface area contributed by atoms with Gasteiger partial charge in [-0.15, -0.1) is 0 Å². The van der Waals surface area contributed by atoms with Crippen LogP contribution < -0.4 is 9.47 Å². The van der Waals surface area contributed by atoms with Crippen molar-refractivity contribution in [2.75, 3.05) is 6.61 Å². The predicted octanol–water partition coefficient (Wildman–Crippen LogP) is 4.25. The highest BCUT2D eigenvalue weighted by Gasteiger charge is 2.12. The van der Waals surface area contributed by atoms with E-state index in [1.165, 1.54) is 0 Å². The van der Waals surface area contributed by atoms with E-state index in [1.807, 2.05) is 32.9 Å². The molecule has 0 spiro atoms. The van der Waals surface area contributed by atoms with Gasteiger partial charge >= 0.3 is 5.97 Å². The Kier molecular flexibility index (Phi) is 4.86. The van der Waals surface area contributed by atoms with Gasteiger partial charge in [0.15, 0.2) is 6.61 Å². The maximum atomic E-state index is 11.8. The molecule has 2 aromatic carbocycles. The third kappa shape index (κ3) is 3.76. The molecule has 0 unspecified atom stereocenters. The van der Waals surface area contributed by atoms with Gasteiger partial charge < -0.3 is 9.47 Å². The average molecular weight is 305 g/mol. The molecule has 0 radical (unpaired) electrons. The molecule has 0 heterocycles. The first kappa shape index (κ1) is 15.4. The van der Waals surface area contributed by atoms with Gasteiger partial charge in [-0.3, -0.25) is 0 Å². The lowest BCUT2D eigenvalue weighted by Crippen LogP contribution is -2.18. The number of aryl methyl sites for hydroxylation is 2. The Labute approximate surface area is 129 Å². The first-order valence-corrected chi connectivity index (χ1v) is 7.01. The van der Waals surface area contributed by atoms with Gasteiger partial charge in [0.05, 0.1) is 5.02 Å². The van der Waals surface area contributed by atoms with Crippen LogP contribution in [0.2, 0.25) is 5.02 Å². The van der Waals surface area contributed by atoms with Crippen molar-refractivity contribution in [3.05, 3.63) is 58.1 Å². The zero-order chi connectivity index (χ0) is 15.4. The molecule has 110 valence electrons. The molecule has 2 aromatic rings. The molecular formula is C17H17ClO3. The number of carbonyl (C=O) groups is 1. The number of ether oxygens (including phenoxy) is 2. The summed E-state index contributed by atoms with van der Waals surface area (Å²) in [6.07, 6.45) is 0. The van der Waals surface area contributed by atoms with Crippen LogP contribution in [0, 0.1) is 20.8 Å². The maximum Gasteiger partial charge on any atom is 0.349 e. The van der Waals surface area contributed by atoms with Gasteiger partial charge in [-0.25, -0.2) is 4.79 Å². The Hall–Kier alpha value is -2.00. The van der Waals surface area contributed by atoms with E-state index >= 15 is 0 Å². The number of para-hydroxylation sites is 1. The Morgan fingerprint density at radius 2 is 1.71 bits per heavy atom. The number of carbonyl (C=O) groups excluding carboxylic acids is 1. The van der Waals surface area contributed by atoms with Gasteiger partial charge in [0.25, 0.3) is 0 Å². The monoisotopic (exact) mass is 304 g/mol. The molecule has 0 saturated carbocycles. The third-order valence-corrected chi connectivity index (χ3v) is 3.58. The third-order valence-electron chi connectivity index (χ3n) is 3.27. The maximum absolute atomic E-state index is 11.8. The van der Waals surface area contributed by atoms with Crippen molar-refractivity contribution < 1.29 is 14.3 Å². The smallest absolute Gasteiger partial charge is 0.349 e. The van der Waals surface area contributed by atoms with Crippen LogP contribution in [-0.4, -0.2) is 12.6 Å². The van der Waals surface area contributed by atoms with Crippen molar-refractivity contribution >= 4 is 17.6 Å². The van der Waals surface area contributed by atoms with Gasteiger partial charge in [-0.1, -0.05) is 35.9 Å². The summed E-state index contributed by atoms with van der Waals surface area (Å²) in [6, 6.07) is 10.8. The summed E-state index contributed by atoms with van der Waals surface area (Å²) in [6.45, 7) is 5.76. The van der Waals surface area contributed by atoms with Crippen LogP contribution in [0.4, 0.5) is 0 Å². The Balaban J connectivity index is 2.02. The molecule has 0 aliphatic carbocycles. The van der Waals surface area contributed by atoms with Gasteiger partial charge in [-0.05, 0) is 49.6 Å². The zero-order valence-corrected chi connectivity index (χ0v) is 13.0. The van der Waals surface area contributed by atoms with Crippen LogP contribution >= 0.6 is 11.6 Å². The summed E-state index contributed by atoms with van der Waals surface area (Å²) in [5.74, 6) is 0.583. The second-order valence-electron chi connectivity index (χ2n) is 4.85. The summed E-state index contributed by atoms with van der Waals surface area (Å²) in [7, 11) is 0. The van der Waals surface area contributed by atoms with Crippen molar-refractivity contribution in [1.29, 1.82) is 0 Å². The van der Waals surface area contributed by atoms with Gasteiger partial charge in [0.1, 0.15) is 11.5 Å². The van der Waals surface area contributed by atoms with E-state index < -0.39 is 5.97 Å². The molecule has 0 amide bonds. The summed E-state index contributed by atoms with van der Waals surface area (Å²) in [4.78, 5) is 11.8. The van der Waals surface area contributed by atoms with Crippen LogP contribution in [0.25, 0.3) is 0 Å². The highest BCUT2D eigenvalue weighted by atomic mass is 35.5. The van der Waals surface area contributed by atoms with E-state index in [4.69, 9.17) is 21.1 Å². The van der Waals surface area contributed by atoms with Crippen LogP contribution in [-0.2, 0) is 4.79 Å². The van der Waals surface area contributed by atoms with Crippen molar-refractivity contribution in [1.82, 2.24) is 0 Å². The minimum absolute atomic E-state index is 0.156. The summed E-state index contributed by atoms with van der Waals surface area (Å²) in [5, 5.41) is 0.397. The fourth-order valence-electron chi connectivity index (χ4n) is 1.96. The molecule has 0 saturated heterocycles. The molecule has 21 heavy (non-hydrogen) atoms. The van der Waals surface area contributed by atoms with Crippen LogP contribution in [0.5, 0.6) is 11.5 Å². The first-order chi connectivity index (χ1) is 9.99. The van der Waals surface area contributed by atoms with Crippen molar-refractivity contribution in [3.8, 4) is 11.5 Å². The number of benzene rings is 2.